The van der Waals surface area contributed by atoms with E-state index < -0.39 is 35.4 Å². The molecule has 1 heterocycles. The van der Waals surface area contributed by atoms with Crippen molar-refractivity contribution >= 4 is 5.97 Å². The summed E-state index contributed by atoms with van der Waals surface area (Å²) in [6.45, 7) is 5.54. The van der Waals surface area contributed by atoms with Crippen LogP contribution in [0.5, 0.6) is 0 Å². The number of benzene rings is 1. The molecule has 1 aliphatic heterocycles. The number of nitro groups is 1. The number of nitrogens with one attached hydrogen (secondary N) is 1. The highest BCUT2D eigenvalue weighted by Crippen LogP contribution is 2.43. The maximum atomic E-state index is 11.6. The molecule has 4 unspecified atom stereocenters. The highest BCUT2D eigenvalue weighted by atomic mass is 16.6. The Morgan fingerprint density at radius 3 is 2.29 bits per heavy atom. The molecule has 0 amide bonds. The fourth-order valence-electron chi connectivity index (χ4n) is 3.24. The number of hydrogen-bond donors (Lipinski definition) is 2. The van der Waals surface area contributed by atoms with E-state index in [0.717, 1.165) is 5.56 Å². The third-order valence-corrected chi connectivity index (χ3v) is 4.10. The van der Waals surface area contributed by atoms with Crippen LogP contribution in [-0.4, -0.2) is 28.1 Å². The van der Waals surface area contributed by atoms with Crippen LogP contribution in [0.2, 0.25) is 0 Å². The van der Waals surface area contributed by atoms with Gasteiger partial charge in [-0.05, 0) is 11.0 Å². The van der Waals surface area contributed by atoms with E-state index in [4.69, 9.17) is 0 Å². The van der Waals surface area contributed by atoms with Crippen molar-refractivity contribution in [2.24, 2.45) is 11.3 Å². The molecular formula is C15H20N2O4. The van der Waals surface area contributed by atoms with Crippen LogP contribution in [0.4, 0.5) is 0 Å². The van der Waals surface area contributed by atoms with E-state index in [2.05, 4.69) is 5.32 Å². The van der Waals surface area contributed by atoms with Gasteiger partial charge >= 0.3 is 5.97 Å². The van der Waals surface area contributed by atoms with Crippen molar-refractivity contribution in [3.05, 3.63) is 46.0 Å². The van der Waals surface area contributed by atoms with Crippen LogP contribution in [0.3, 0.4) is 0 Å². The minimum absolute atomic E-state index is 0.344. The summed E-state index contributed by atoms with van der Waals surface area (Å²) in [6, 6.07) is 6.53. The highest BCUT2D eigenvalue weighted by molar-refractivity contribution is 5.75. The van der Waals surface area contributed by atoms with Gasteiger partial charge in [-0.3, -0.25) is 20.2 Å². The maximum Gasteiger partial charge on any atom is 0.321 e. The van der Waals surface area contributed by atoms with Crippen molar-refractivity contribution in [2.45, 2.75) is 38.9 Å². The quantitative estimate of drug-likeness (QED) is 0.657. The van der Waals surface area contributed by atoms with Gasteiger partial charge in [-0.15, -0.1) is 0 Å². The van der Waals surface area contributed by atoms with Crippen molar-refractivity contribution in [3.8, 4) is 0 Å². The average molecular weight is 292 g/mol. The van der Waals surface area contributed by atoms with Gasteiger partial charge in [0.25, 0.3) is 0 Å². The zero-order valence-electron chi connectivity index (χ0n) is 12.3. The van der Waals surface area contributed by atoms with Gasteiger partial charge in [0.05, 0.1) is 5.92 Å². The second kappa shape index (κ2) is 5.44. The SMILES string of the molecule is CC(C)(C)C1C(C(=O)O)NC(c2ccccc2)C1[N+](=O)[O-]. The van der Waals surface area contributed by atoms with Crippen LogP contribution < -0.4 is 5.32 Å². The molecule has 2 N–H and O–H groups in total. The highest BCUT2D eigenvalue weighted by Gasteiger charge is 2.57. The molecule has 6 nitrogen and oxygen atoms in total. The van der Waals surface area contributed by atoms with Gasteiger partial charge in [0.15, 0.2) is 0 Å². The van der Waals surface area contributed by atoms with Crippen molar-refractivity contribution < 1.29 is 14.8 Å². The Bertz CT molecular complexity index is 538. The first-order valence-corrected chi connectivity index (χ1v) is 6.91. The van der Waals surface area contributed by atoms with Gasteiger partial charge in [0, 0.05) is 4.92 Å². The summed E-state index contributed by atoms with van der Waals surface area (Å²) in [5.74, 6) is -1.63. The number of hydrogen-bond acceptors (Lipinski definition) is 4. The summed E-state index contributed by atoms with van der Waals surface area (Å²) in [5.41, 5.74) is 0.259. The molecule has 0 bridgehead atoms. The van der Waals surface area contributed by atoms with E-state index in [1.807, 2.05) is 26.8 Å². The van der Waals surface area contributed by atoms with Crippen LogP contribution in [0.15, 0.2) is 30.3 Å². The summed E-state index contributed by atoms with van der Waals surface area (Å²) in [4.78, 5) is 22.8. The third kappa shape index (κ3) is 2.90. The van der Waals surface area contributed by atoms with Crippen LogP contribution in [-0.2, 0) is 4.79 Å². The fourth-order valence-corrected chi connectivity index (χ4v) is 3.24. The molecule has 1 aromatic rings. The van der Waals surface area contributed by atoms with E-state index in [-0.39, 0.29) is 4.92 Å². The van der Waals surface area contributed by atoms with Crippen LogP contribution >= 0.6 is 0 Å². The van der Waals surface area contributed by atoms with Gasteiger partial charge in [0.1, 0.15) is 12.1 Å². The first kappa shape index (κ1) is 15.4. The second-order valence-electron chi connectivity index (χ2n) is 6.54. The molecule has 0 saturated carbocycles. The Morgan fingerprint density at radius 2 is 1.86 bits per heavy atom. The molecule has 0 spiro atoms. The Hall–Kier alpha value is -1.95. The fraction of sp³-hybridized carbons (Fsp3) is 0.533. The molecule has 0 radical (unpaired) electrons. The molecule has 1 aromatic carbocycles. The van der Waals surface area contributed by atoms with E-state index in [1.165, 1.54) is 0 Å². The predicted molar refractivity (Wildman–Crippen MR) is 77.5 cm³/mol. The largest absolute Gasteiger partial charge is 0.480 e. The normalized spacial score (nSPS) is 29.3. The van der Waals surface area contributed by atoms with E-state index >= 15 is 0 Å². The Labute approximate surface area is 123 Å². The van der Waals surface area contributed by atoms with Gasteiger partial charge in [-0.2, -0.15) is 0 Å². The van der Waals surface area contributed by atoms with Gasteiger partial charge in [0.2, 0.25) is 6.04 Å². The van der Waals surface area contributed by atoms with E-state index in [0.29, 0.717) is 0 Å². The number of aliphatic carboxylic acids is 1. The smallest absolute Gasteiger partial charge is 0.321 e. The minimum Gasteiger partial charge on any atom is -0.480 e. The summed E-state index contributed by atoms with van der Waals surface area (Å²) in [6.07, 6.45) is 0. The summed E-state index contributed by atoms with van der Waals surface area (Å²) >= 11 is 0. The van der Waals surface area contributed by atoms with E-state index in [1.54, 1.807) is 24.3 Å². The molecule has 6 heteroatoms. The molecule has 2 rings (SSSR count). The van der Waals surface area contributed by atoms with Crippen molar-refractivity contribution in [1.29, 1.82) is 0 Å². The number of nitrogens with zero attached hydrogens (tertiary/aromatic N) is 1. The second-order valence-corrected chi connectivity index (χ2v) is 6.54. The number of carbonyl (C=O) groups is 1. The summed E-state index contributed by atoms with van der Waals surface area (Å²) in [5, 5.41) is 24.0. The number of rotatable bonds is 3. The molecule has 1 saturated heterocycles. The first-order chi connectivity index (χ1) is 9.73. The van der Waals surface area contributed by atoms with E-state index in [9.17, 15) is 20.0 Å². The van der Waals surface area contributed by atoms with Gasteiger partial charge < -0.3 is 5.11 Å². The predicted octanol–water partition coefficient (Wildman–Crippen LogP) is 2.09. The lowest BCUT2D eigenvalue weighted by Crippen LogP contribution is -2.44. The average Bonchev–Trinajstić information content (AvgIpc) is 2.80. The van der Waals surface area contributed by atoms with Crippen LogP contribution in [0.1, 0.15) is 32.4 Å². The lowest BCUT2D eigenvalue weighted by Gasteiger charge is -2.30. The zero-order valence-corrected chi connectivity index (χ0v) is 12.3. The molecule has 1 aliphatic rings. The van der Waals surface area contributed by atoms with Crippen molar-refractivity contribution in [1.82, 2.24) is 5.32 Å². The molecule has 21 heavy (non-hydrogen) atoms. The summed E-state index contributed by atoms with van der Waals surface area (Å²) < 4.78 is 0. The van der Waals surface area contributed by atoms with Crippen LogP contribution in [0.25, 0.3) is 0 Å². The van der Waals surface area contributed by atoms with Crippen LogP contribution in [0, 0.1) is 21.4 Å². The lowest BCUT2D eigenvalue weighted by atomic mass is 9.73. The number of carboxylic acid groups (broad SMARTS) is 1. The maximum absolute atomic E-state index is 11.6. The topological polar surface area (TPSA) is 92.5 Å². The third-order valence-electron chi connectivity index (χ3n) is 4.10. The minimum atomic E-state index is -1.04. The number of carboxylic acids is 1. The standard InChI is InChI=1S/C15H20N2O4/c1-15(2,3)10-12(14(18)19)16-11(13(10)17(20)21)9-7-5-4-6-8-9/h4-8,10-13,16H,1-3H3,(H,18,19). The van der Waals surface area contributed by atoms with Crippen molar-refractivity contribution in [3.63, 3.8) is 0 Å². The molecule has 1 fully saturated rings. The Morgan fingerprint density at radius 1 is 1.29 bits per heavy atom. The van der Waals surface area contributed by atoms with Gasteiger partial charge in [-0.1, -0.05) is 51.1 Å². The Kier molecular flexibility index (Phi) is 4.00. The Balaban J connectivity index is 2.48. The molecule has 4 atom stereocenters. The van der Waals surface area contributed by atoms with Gasteiger partial charge in [-0.25, -0.2) is 0 Å². The summed E-state index contributed by atoms with van der Waals surface area (Å²) in [7, 11) is 0. The zero-order chi connectivity index (χ0) is 15.8. The lowest BCUT2D eigenvalue weighted by molar-refractivity contribution is -0.535. The molecule has 0 aromatic heterocycles. The molecule has 0 aliphatic carbocycles. The molecular weight excluding hydrogens is 272 g/mol. The first-order valence-electron chi connectivity index (χ1n) is 6.91. The molecule has 114 valence electrons. The monoisotopic (exact) mass is 292 g/mol. The van der Waals surface area contributed by atoms with Crippen molar-refractivity contribution in [2.75, 3.05) is 0 Å².